The van der Waals surface area contributed by atoms with Gasteiger partial charge in [0.25, 0.3) is 0 Å². The number of aromatic nitrogens is 2. The van der Waals surface area contributed by atoms with Gasteiger partial charge in [0, 0.05) is 12.5 Å². The Kier molecular flexibility index (Phi) is 3.89. The van der Waals surface area contributed by atoms with Crippen LogP contribution < -0.4 is 0 Å². The number of nitriles is 1. The molecule has 0 fully saturated rings. The number of nitrogens with zero attached hydrogens (tertiary/aromatic N) is 2. The van der Waals surface area contributed by atoms with Crippen LogP contribution in [0.1, 0.15) is 22.5 Å². The van der Waals surface area contributed by atoms with Crippen LogP contribution in [0, 0.1) is 11.3 Å². The monoisotopic (exact) mass is 303 g/mol. The van der Waals surface area contributed by atoms with Gasteiger partial charge in [0.15, 0.2) is 0 Å². The highest BCUT2D eigenvalue weighted by Crippen LogP contribution is 2.16. The van der Waals surface area contributed by atoms with Gasteiger partial charge in [-0.1, -0.05) is 24.3 Å². The molecular formula is C18H13N3O2. The van der Waals surface area contributed by atoms with Crippen molar-refractivity contribution in [3.05, 3.63) is 71.1 Å². The number of aromatic amines is 1. The molecule has 0 saturated heterocycles. The summed E-state index contributed by atoms with van der Waals surface area (Å²) in [4.78, 5) is 18.2. The molecule has 1 heterocycles. The van der Waals surface area contributed by atoms with E-state index in [1.807, 2.05) is 30.3 Å². The van der Waals surface area contributed by atoms with Crippen LogP contribution in [-0.2, 0) is 11.2 Å². The fourth-order valence-corrected chi connectivity index (χ4v) is 2.32. The number of nitrogens with one attached hydrogen (secondary N) is 1. The largest absolute Gasteiger partial charge is 0.478 e. The topological polar surface area (TPSA) is 89.8 Å². The van der Waals surface area contributed by atoms with Crippen LogP contribution in [0.25, 0.3) is 17.1 Å². The highest BCUT2D eigenvalue weighted by molar-refractivity contribution is 5.85. The van der Waals surface area contributed by atoms with Crippen LogP contribution in [-0.4, -0.2) is 21.0 Å². The first-order chi connectivity index (χ1) is 11.1. The minimum atomic E-state index is -0.965. The Morgan fingerprint density at radius 3 is 2.74 bits per heavy atom. The first kappa shape index (κ1) is 14.5. The molecule has 1 aromatic heterocycles. The number of hydrogen-bond donors (Lipinski definition) is 2. The lowest BCUT2D eigenvalue weighted by Gasteiger charge is -1.99. The summed E-state index contributed by atoms with van der Waals surface area (Å²) < 4.78 is 0. The summed E-state index contributed by atoms with van der Waals surface area (Å²) in [6.07, 6.45) is 3.30. The van der Waals surface area contributed by atoms with Crippen molar-refractivity contribution < 1.29 is 9.90 Å². The lowest BCUT2D eigenvalue weighted by molar-refractivity contribution is -0.131. The van der Waals surface area contributed by atoms with Crippen molar-refractivity contribution in [2.75, 3.05) is 0 Å². The number of H-pyrrole nitrogens is 1. The average molecular weight is 303 g/mol. The summed E-state index contributed by atoms with van der Waals surface area (Å²) in [5.41, 5.74) is 4.17. The molecule has 0 aliphatic carbocycles. The van der Waals surface area contributed by atoms with Gasteiger partial charge in [0.05, 0.1) is 22.7 Å². The lowest BCUT2D eigenvalue weighted by Crippen LogP contribution is -1.91. The molecule has 3 aromatic rings. The van der Waals surface area contributed by atoms with E-state index in [-0.39, 0.29) is 0 Å². The molecular weight excluding hydrogens is 290 g/mol. The van der Waals surface area contributed by atoms with Crippen molar-refractivity contribution in [3.8, 4) is 6.07 Å². The molecule has 5 nitrogen and oxygen atoms in total. The van der Waals surface area contributed by atoms with E-state index in [4.69, 9.17) is 10.4 Å². The zero-order valence-electron chi connectivity index (χ0n) is 12.2. The maximum Gasteiger partial charge on any atom is 0.328 e. The SMILES string of the molecule is N#Cc1ccc2[nH]c(Cc3ccc(/C=C/C(=O)O)cc3)nc2c1. The second kappa shape index (κ2) is 6.16. The summed E-state index contributed by atoms with van der Waals surface area (Å²) >= 11 is 0. The van der Waals surface area contributed by atoms with Crippen LogP contribution in [0.15, 0.2) is 48.5 Å². The minimum Gasteiger partial charge on any atom is -0.478 e. The molecule has 0 spiro atoms. The quantitative estimate of drug-likeness (QED) is 0.725. The molecule has 2 aromatic carbocycles. The number of carboxylic acids is 1. The number of rotatable bonds is 4. The molecule has 0 aliphatic heterocycles. The van der Waals surface area contributed by atoms with Crippen molar-refractivity contribution in [2.24, 2.45) is 0 Å². The van der Waals surface area contributed by atoms with Crippen molar-refractivity contribution in [1.29, 1.82) is 5.26 Å². The Balaban J connectivity index is 1.79. The maximum atomic E-state index is 10.5. The molecule has 0 radical (unpaired) electrons. The van der Waals surface area contributed by atoms with Crippen LogP contribution in [0.5, 0.6) is 0 Å². The summed E-state index contributed by atoms with van der Waals surface area (Å²) in [6, 6.07) is 15.1. The molecule has 3 rings (SSSR count). The first-order valence-corrected chi connectivity index (χ1v) is 7.03. The second-order valence-corrected chi connectivity index (χ2v) is 5.12. The minimum absolute atomic E-state index is 0.588. The number of hydrogen-bond acceptors (Lipinski definition) is 3. The number of carbonyl (C=O) groups is 1. The summed E-state index contributed by atoms with van der Waals surface area (Å²) in [5.74, 6) is -0.142. The van der Waals surface area contributed by atoms with Crippen molar-refractivity contribution >= 4 is 23.1 Å². The highest BCUT2D eigenvalue weighted by atomic mass is 16.4. The summed E-state index contributed by atoms with van der Waals surface area (Å²) in [7, 11) is 0. The third-order valence-corrected chi connectivity index (χ3v) is 3.43. The van der Waals surface area contributed by atoms with Gasteiger partial charge in [-0.3, -0.25) is 0 Å². The molecule has 0 saturated carbocycles. The summed E-state index contributed by atoms with van der Waals surface area (Å²) in [5, 5.41) is 17.5. The Hall–Kier alpha value is -3.39. The first-order valence-electron chi connectivity index (χ1n) is 7.03. The fourth-order valence-electron chi connectivity index (χ4n) is 2.32. The third kappa shape index (κ3) is 3.44. The van der Waals surface area contributed by atoms with E-state index in [0.717, 1.165) is 34.1 Å². The fraction of sp³-hybridized carbons (Fsp3) is 0.0556. The second-order valence-electron chi connectivity index (χ2n) is 5.12. The summed E-state index contributed by atoms with van der Waals surface area (Å²) in [6.45, 7) is 0. The smallest absolute Gasteiger partial charge is 0.328 e. The van der Waals surface area contributed by atoms with Crippen LogP contribution >= 0.6 is 0 Å². The number of imidazole rings is 1. The molecule has 2 N–H and O–H groups in total. The lowest BCUT2D eigenvalue weighted by atomic mass is 10.1. The predicted molar refractivity (Wildman–Crippen MR) is 86.7 cm³/mol. The van der Waals surface area contributed by atoms with Gasteiger partial charge in [0.1, 0.15) is 5.82 Å². The number of aliphatic carboxylic acids is 1. The van der Waals surface area contributed by atoms with Crippen LogP contribution in [0.4, 0.5) is 0 Å². The highest BCUT2D eigenvalue weighted by Gasteiger charge is 2.05. The van der Waals surface area contributed by atoms with Gasteiger partial charge >= 0.3 is 5.97 Å². The zero-order chi connectivity index (χ0) is 16.2. The molecule has 0 atom stereocenters. The average Bonchev–Trinajstić information content (AvgIpc) is 2.95. The molecule has 0 amide bonds. The van der Waals surface area contributed by atoms with Gasteiger partial charge in [-0.05, 0) is 35.4 Å². The van der Waals surface area contributed by atoms with E-state index < -0.39 is 5.97 Å². The number of carboxylic acid groups (broad SMARTS) is 1. The van der Waals surface area contributed by atoms with Crippen molar-refractivity contribution in [2.45, 2.75) is 6.42 Å². The van der Waals surface area contributed by atoms with Gasteiger partial charge in [0.2, 0.25) is 0 Å². The van der Waals surface area contributed by atoms with Gasteiger partial charge in [-0.15, -0.1) is 0 Å². The van der Waals surface area contributed by atoms with E-state index in [1.165, 1.54) is 0 Å². The molecule has 5 heteroatoms. The Labute approximate surface area is 132 Å². The van der Waals surface area contributed by atoms with Gasteiger partial charge in [-0.25, -0.2) is 9.78 Å². The Morgan fingerprint density at radius 2 is 2.04 bits per heavy atom. The predicted octanol–water partition coefficient (Wildman–Crippen LogP) is 3.12. The van der Waals surface area contributed by atoms with Crippen molar-refractivity contribution in [3.63, 3.8) is 0 Å². The number of benzene rings is 2. The standard InChI is InChI=1S/C18H13N3O2/c19-11-14-5-7-15-16(9-14)21-17(20-15)10-13-3-1-12(2-4-13)6-8-18(22)23/h1-9H,10H2,(H,20,21)(H,22,23)/b8-6+. The van der Waals surface area contributed by atoms with E-state index in [0.29, 0.717) is 12.0 Å². The molecule has 112 valence electrons. The van der Waals surface area contributed by atoms with Gasteiger partial charge < -0.3 is 10.1 Å². The van der Waals surface area contributed by atoms with E-state index in [9.17, 15) is 4.79 Å². The Bertz CT molecular complexity index is 931. The third-order valence-electron chi connectivity index (χ3n) is 3.43. The number of fused-ring (bicyclic) bond motifs is 1. The van der Waals surface area contributed by atoms with Crippen LogP contribution in [0.3, 0.4) is 0 Å². The molecule has 0 unspecified atom stereocenters. The van der Waals surface area contributed by atoms with Gasteiger partial charge in [-0.2, -0.15) is 5.26 Å². The normalized spacial score (nSPS) is 10.9. The van der Waals surface area contributed by atoms with E-state index in [2.05, 4.69) is 16.0 Å². The molecule has 0 aliphatic rings. The molecule has 0 bridgehead atoms. The Morgan fingerprint density at radius 1 is 1.26 bits per heavy atom. The van der Waals surface area contributed by atoms with E-state index in [1.54, 1.807) is 18.2 Å². The molecule has 23 heavy (non-hydrogen) atoms. The maximum absolute atomic E-state index is 10.5. The van der Waals surface area contributed by atoms with Crippen molar-refractivity contribution in [1.82, 2.24) is 9.97 Å². The zero-order valence-corrected chi connectivity index (χ0v) is 12.2. The van der Waals surface area contributed by atoms with E-state index >= 15 is 0 Å². The van der Waals surface area contributed by atoms with Crippen LogP contribution in [0.2, 0.25) is 0 Å².